The first-order chi connectivity index (χ1) is 6.68. The van der Waals surface area contributed by atoms with Crippen molar-refractivity contribution in [2.75, 3.05) is 0 Å². The number of rotatable bonds is 1. The fourth-order valence-corrected chi connectivity index (χ4v) is 1.82. The van der Waals surface area contributed by atoms with E-state index in [1.165, 1.54) is 18.4 Å². The van der Waals surface area contributed by atoms with Crippen LogP contribution in [-0.2, 0) is 0 Å². The summed E-state index contributed by atoms with van der Waals surface area (Å²) in [5, 5.41) is 1.59. The predicted molar refractivity (Wildman–Crippen MR) is 64.5 cm³/mol. The van der Waals surface area contributed by atoms with E-state index in [0.29, 0.717) is 0 Å². The third kappa shape index (κ3) is 2.65. The maximum absolute atomic E-state index is 6.01. The fraction of sp³-hybridized carbons (Fsp3) is 0.500. The second-order valence-corrected chi connectivity index (χ2v) is 4.20. The molecule has 0 heterocycles. The molecule has 0 aromatic heterocycles. The van der Waals surface area contributed by atoms with E-state index in [1.807, 2.05) is 32.9 Å². The van der Waals surface area contributed by atoms with Gasteiger partial charge in [0.1, 0.15) is 0 Å². The highest BCUT2D eigenvalue weighted by molar-refractivity contribution is 6.36. The van der Waals surface area contributed by atoms with Gasteiger partial charge in [0.05, 0.1) is 0 Å². The first-order valence-electron chi connectivity index (χ1n) is 5.14. The molecule has 0 aliphatic heterocycles. The van der Waals surface area contributed by atoms with Gasteiger partial charge in [0.2, 0.25) is 0 Å². The average Bonchev–Trinajstić information content (AvgIpc) is 3.00. The van der Waals surface area contributed by atoms with Crippen molar-refractivity contribution >= 4 is 23.2 Å². The largest absolute Gasteiger partial charge is 0.0840 e. The van der Waals surface area contributed by atoms with Crippen LogP contribution in [0.25, 0.3) is 0 Å². The summed E-state index contributed by atoms with van der Waals surface area (Å²) >= 11 is 12.0. The number of halogens is 2. The summed E-state index contributed by atoms with van der Waals surface area (Å²) in [5.74, 6) is 0.723. The summed E-state index contributed by atoms with van der Waals surface area (Å²) in [6, 6.07) is 4.08. The van der Waals surface area contributed by atoms with E-state index in [0.717, 1.165) is 21.5 Å². The van der Waals surface area contributed by atoms with Crippen LogP contribution < -0.4 is 0 Å². The van der Waals surface area contributed by atoms with E-state index in [4.69, 9.17) is 23.2 Å². The van der Waals surface area contributed by atoms with Crippen LogP contribution in [-0.4, -0.2) is 0 Å². The first kappa shape index (κ1) is 11.9. The molecular weight excluding hydrogens is 215 g/mol. The highest BCUT2D eigenvalue weighted by atomic mass is 35.5. The van der Waals surface area contributed by atoms with Crippen molar-refractivity contribution in [3.8, 4) is 0 Å². The summed E-state index contributed by atoms with van der Waals surface area (Å²) in [6.07, 6.45) is 2.57. The van der Waals surface area contributed by atoms with E-state index in [-0.39, 0.29) is 0 Å². The number of hydrogen-bond acceptors (Lipinski definition) is 0. The maximum atomic E-state index is 6.01. The molecule has 0 spiro atoms. The van der Waals surface area contributed by atoms with Gasteiger partial charge in [0.25, 0.3) is 0 Å². The molecular formula is C12H16Cl2. The van der Waals surface area contributed by atoms with Gasteiger partial charge in [-0.3, -0.25) is 0 Å². The molecule has 14 heavy (non-hydrogen) atoms. The van der Waals surface area contributed by atoms with Crippen LogP contribution in [0.1, 0.15) is 43.7 Å². The van der Waals surface area contributed by atoms with Gasteiger partial charge in [-0.15, -0.1) is 0 Å². The molecule has 2 rings (SSSR count). The molecule has 1 fully saturated rings. The van der Waals surface area contributed by atoms with Crippen molar-refractivity contribution in [3.63, 3.8) is 0 Å². The van der Waals surface area contributed by atoms with Crippen LogP contribution in [0.15, 0.2) is 12.1 Å². The topological polar surface area (TPSA) is 0 Å². The van der Waals surface area contributed by atoms with Crippen LogP contribution in [0.4, 0.5) is 0 Å². The minimum atomic E-state index is 0.723. The standard InChI is InChI=1S/C10H10Cl2.C2H6/c1-6-9(11)4-8(5-10(6)12)7-2-3-7;1-2/h4-5,7H,2-3H2,1H3;1-2H3. The van der Waals surface area contributed by atoms with Crippen LogP contribution in [0.5, 0.6) is 0 Å². The molecule has 1 aliphatic carbocycles. The molecule has 1 aliphatic rings. The smallest absolute Gasteiger partial charge is 0.0452 e. The molecule has 2 heteroatoms. The van der Waals surface area contributed by atoms with Crippen molar-refractivity contribution in [2.45, 2.75) is 39.5 Å². The Morgan fingerprint density at radius 3 is 1.86 bits per heavy atom. The van der Waals surface area contributed by atoms with Gasteiger partial charge >= 0.3 is 0 Å². The summed E-state index contributed by atoms with van der Waals surface area (Å²) < 4.78 is 0. The molecule has 1 saturated carbocycles. The van der Waals surface area contributed by atoms with Crippen molar-refractivity contribution in [3.05, 3.63) is 33.3 Å². The Balaban J connectivity index is 0.000000461. The van der Waals surface area contributed by atoms with Crippen molar-refractivity contribution < 1.29 is 0 Å². The first-order valence-corrected chi connectivity index (χ1v) is 5.89. The normalized spacial score (nSPS) is 14.6. The molecule has 0 amide bonds. The highest BCUT2D eigenvalue weighted by Crippen LogP contribution is 2.42. The lowest BCUT2D eigenvalue weighted by Gasteiger charge is -2.04. The average molecular weight is 231 g/mol. The van der Waals surface area contributed by atoms with Crippen LogP contribution in [0.2, 0.25) is 10.0 Å². The second kappa shape index (κ2) is 5.04. The number of benzene rings is 1. The zero-order valence-corrected chi connectivity index (χ0v) is 10.4. The lowest BCUT2D eigenvalue weighted by atomic mass is 10.1. The van der Waals surface area contributed by atoms with Crippen LogP contribution in [0.3, 0.4) is 0 Å². The van der Waals surface area contributed by atoms with Crippen molar-refractivity contribution in [1.82, 2.24) is 0 Å². The Morgan fingerprint density at radius 2 is 1.50 bits per heavy atom. The summed E-state index contributed by atoms with van der Waals surface area (Å²) in [4.78, 5) is 0. The Labute approximate surface area is 96.2 Å². The van der Waals surface area contributed by atoms with Gasteiger partial charge in [-0.05, 0) is 48.9 Å². The molecule has 1 aromatic rings. The molecule has 0 N–H and O–H groups in total. The van der Waals surface area contributed by atoms with Gasteiger partial charge in [-0.1, -0.05) is 37.0 Å². The van der Waals surface area contributed by atoms with Gasteiger partial charge in [-0.25, -0.2) is 0 Å². The van der Waals surface area contributed by atoms with Crippen LogP contribution >= 0.6 is 23.2 Å². The quantitative estimate of drug-likeness (QED) is 0.622. The zero-order chi connectivity index (χ0) is 10.7. The second-order valence-electron chi connectivity index (χ2n) is 3.38. The van der Waals surface area contributed by atoms with E-state index < -0.39 is 0 Å². The Hall–Kier alpha value is -0.200. The molecule has 0 atom stereocenters. The Bertz CT molecular complexity index is 291. The minimum Gasteiger partial charge on any atom is -0.0840 e. The summed E-state index contributed by atoms with van der Waals surface area (Å²) in [7, 11) is 0. The summed E-state index contributed by atoms with van der Waals surface area (Å²) in [5.41, 5.74) is 2.29. The predicted octanol–water partition coefficient (Wildman–Crippen LogP) is 5.21. The molecule has 0 saturated heterocycles. The van der Waals surface area contributed by atoms with E-state index >= 15 is 0 Å². The van der Waals surface area contributed by atoms with Crippen molar-refractivity contribution in [2.24, 2.45) is 0 Å². The van der Waals surface area contributed by atoms with Gasteiger partial charge in [0.15, 0.2) is 0 Å². The van der Waals surface area contributed by atoms with E-state index in [2.05, 4.69) is 0 Å². The molecule has 78 valence electrons. The molecule has 0 nitrogen and oxygen atoms in total. The Morgan fingerprint density at radius 1 is 1.07 bits per heavy atom. The molecule has 1 aromatic carbocycles. The van der Waals surface area contributed by atoms with E-state index in [9.17, 15) is 0 Å². The monoisotopic (exact) mass is 230 g/mol. The third-order valence-corrected chi connectivity index (χ3v) is 3.14. The SMILES string of the molecule is CC.Cc1c(Cl)cc(C2CC2)cc1Cl. The Kier molecular flexibility index (Phi) is 4.28. The highest BCUT2D eigenvalue weighted by Gasteiger charge is 2.24. The van der Waals surface area contributed by atoms with E-state index in [1.54, 1.807) is 0 Å². The summed E-state index contributed by atoms with van der Waals surface area (Å²) in [6.45, 7) is 5.95. The van der Waals surface area contributed by atoms with Gasteiger partial charge in [-0.2, -0.15) is 0 Å². The minimum absolute atomic E-state index is 0.723. The lowest BCUT2D eigenvalue weighted by molar-refractivity contribution is 1.13. The third-order valence-electron chi connectivity index (χ3n) is 2.35. The zero-order valence-electron chi connectivity index (χ0n) is 8.90. The molecule has 0 bridgehead atoms. The molecule has 0 radical (unpaired) electrons. The fourth-order valence-electron chi connectivity index (χ4n) is 1.32. The van der Waals surface area contributed by atoms with Gasteiger partial charge < -0.3 is 0 Å². The number of hydrogen-bond donors (Lipinski definition) is 0. The maximum Gasteiger partial charge on any atom is 0.0452 e. The van der Waals surface area contributed by atoms with Crippen LogP contribution in [0, 0.1) is 6.92 Å². The van der Waals surface area contributed by atoms with Crippen molar-refractivity contribution in [1.29, 1.82) is 0 Å². The lowest BCUT2D eigenvalue weighted by Crippen LogP contribution is -1.83. The van der Waals surface area contributed by atoms with Gasteiger partial charge in [0, 0.05) is 10.0 Å². The molecule has 0 unspecified atom stereocenters.